The molecule has 3 rings (SSSR count). The lowest BCUT2D eigenvalue weighted by Crippen LogP contribution is -2.48. The highest BCUT2D eigenvalue weighted by atomic mass is 127. The van der Waals surface area contributed by atoms with Gasteiger partial charge in [0.15, 0.2) is 5.96 Å². The summed E-state index contributed by atoms with van der Waals surface area (Å²) in [6, 6.07) is 4.29. The summed E-state index contributed by atoms with van der Waals surface area (Å²) in [7, 11) is 1.71. The zero-order chi connectivity index (χ0) is 20.0. The highest BCUT2D eigenvalue weighted by Gasteiger charge is 2.34. The van der Waals surface area contributed by atoms with Gasteiger partial charge in [-0.05, 0) is 43.2 Å². The van der Waals surface area contributed by atoms with Gasteiger partial charge in [0.2, 0.25) is 0 Å². The van der Waals surface area contributed by atoms with Crippen molar-refractivity contribution in [2.24, 2.45) is 10.9 Å². The van der Waals surface area contributed by atoms with Gasteiger partial charge in [-0.2, -0.15) is 13.2 Å². The fourth-order valence-electron chi connectivity index (χ4n) is 4.06. The summed E-state index contributed by atoms with van der Waals surface area (Å²) in [5.41, 5.74) is 0. The second kappa shape index (κ2) is 11.7. The quantitative estimate of drug-likeness (QED) is 0.327. The number of hydrogen-bond acceptors (Lipinski definition) is 4. The van der Waals surface area contributed by atoms with Crippen LogP contribution in [0.5, 0.6) is 0 Å². The SMILES string of the molecule is CN=C(NCC1CCCN(Cc2cccs2)C1)NC1CCN(CC(F)(F)F)C1.I. The number of nitrogens with one attached hydrogen (secondary N) is 2. The van der Waals surface area contributed by atoms with E-state index in [1.54, 1.807) is 18.4 Å². The van der Waals surface area contributed by atoms with Gasteiger partial charge in [0.1, 0.15) is 0 Å². The van der Waals surface area contributed by atoms with Crippen LogP contribution in [0.2, 0.25) is 0 Å². The van der Waals surface area contributed by atoms with E-state index in [0.29, 0.717) is 31.4 Å². The maximum absolute atomic E-state index is 12.5. The molecule has 0 aromatic carbocycles. The molecule has 3 heterocycles. The number of aliphatic imine (C=N–C) groups is 1. The molecule has 0 aliphatic carbocycles. The van der Waals surface area contributed by atoms with E-state index in [-0.39, 0.29) is 30.0 Å². The Bertz CT molecular complexity index is 626. The van der Waals surface area contributed by atoms with E-state index in [1.165, 1.54) is 22.6 Å². The van der Waals surface area contributed by atoms with Crippen LogP contribution in [-0.4, -0.2) is 74.3 Å². The number of likely N-dealkylation sites (tertiary alicyclic amines) is 2. The normalized spacial score (nSPS) is 24.3. The molecule has 1 aromatic rings. The molecular weight excluding hydrogens is 514 g/mol. The van der Waals surface area contributed by atoms with Crippen molar-refractivity contribution in [1.29, 1.82) is 0 Å². The first-order chi connectivity index (χ1) is 13.4. The summed E-state index contributed by atoms with van der Waals surface area (Å²) >= 11 is 1.80. The Balaban J connectivity index is 0.00000300. The monoisotopic (exact) mass is 545 g/mol. The number of thiophene rings is 1. The summed E-state index contributed by atoms with van der Waals surface area (Å²) in [6.07, 6.45) is -1.05. The average Bonchev–Trinajstić information content (AvgIpc) is 3.29. The van der Waals surface area contributed by atoms with Crippen molar-refractivity contribution in [1.82, 2.24) is 20.4 Å². The molecule has 0 saturated carbocycles. The van der Waals surface area contributed by atoms with E-state index in [0.717, 1.165) is 26.2 Å². The Hall–Kier alpha value is -0.590. The lowest BCUT2D eigenvalue weighted by Gasteiger charge is -2.33. The molecule has 0 bridgehead atoms. The van der Waals surface area contributed by atoms with Crippen LogP contribution in [0.4, 0.5) is 13.2 Å². The molecule has 0 spiro atoms. The van der Waals surface area contributed by atoms with E-state index in [4.69, 9.17) is 0 Å². The number of alkyl halides is 3. The van der Waals surface area contributed by atoms with Gasteiger partial charge >= 0.3 is 6.18 Å². The van der Waals surface area contributed by atoms with E-state index in [9.17, 15) is 13.2 Å². The van der Waals surface area contributed by atoms with Crippen molar-refractivity contribution in [2.45, 2.75) is 38.0 Å². The largest absolute Gasteiger partial charge is 0.401 e. The van der Waals surface area contributed by atoms with Crippen LogP contribution in [0.25, 0.3) is 0 Å². The second-order valence-corrected chi connectivity index (χ2v) is 8.79. The fraction of sp³-hybridized carbons (Fsp3) is 0.737. The van der Waals surface area contributed by atoms with Crippen molar-refractivity contribution in [3.05, 3.63) is 22.4 Å². The predicted molar refractivity (Wildman–Crippen MR) is 123 cm³/mol. The Morgan fingerprint density at radius 2 is 2.07 bits per heavy atom. The minimum Gasteiger partial charge on any atom is -0.356 e. The average molecular weight is 545 g/mol. The first-order valence-electron chi connectivity index (χ1n) is 9.92. The van der Waals surface area contributed by atoms with Crippen LogP contribution in [0.1, 0.15) is 24.1 Å². The summed E-state index contributed by atoms with van der Waals surface area (Å²) in [5, 5.41) is 8.79. The van der Waals surface area contributed by atoms with Crippen LogP contribution in [-0.2, 0) is 6.54 Å². The van der Waals surface area contributed by atoms with Crippen molar-refractivity contribution in [3.63, 3.8) is 0 Å². The van der Waals surface area contributed by atoms with Gasteiger partial charge in [-0.15, -0.1) is 35.3 Å². The lowest BCUT2D eigenvalue weighted by atomic mass is 9.98. The molecular formula is C19H31F3IN5S. The summed E-state index contributed by atoms with van der Waals surface area (Å²) in [6.45, 7) is 4.08. The second-order valence-electron chi connectivity index (χ2n) is 7.76. The van der Waals surface area contributed by atoms with Crippen molar-refractivity contribution >= 4 is 41.3 Å². The number of rotatable bonds is 6. The van der Waals surface area contributed by atoms with Crippen LogP contribution >= 0.6 is 35.3 Å². The van der Waals surface area contributed by atoms with E-state index < -0.39 is 12.7 Å². The minimum absolute atomic E-state index is 0. The molecule has 2 aliphatic rings. The predicted octanol–water partition coefficient (Wildman–Crippen LogP) is 3.38. The molecule has 166 valence electrons. The maximum Gasteiger partial charge on any atom is 0.401 e. The fourth-order valence-corrected chi connectivity index (χ4v) is 4.81. The molecule has 0 radical (unpaired) electrons. The smallest absolute Gasteiger partial charge is 0.356 e. The number of piperidine rings is 1. The Kier molecular flexibility index (Phi) is 9.96. The number of hydrogen-bond donors (Lipinski definition) is 2. The first kappa shape index (κ1) is 24.7. The third-order valence-corrected chi connectivity index (χ3v) is 6.22. The molecule has 10 heteroatoms. The first-order valence-corrected chi connectivity index (χ1v) is 10.8. The summed E-state index contributed by atoms with van der Waals surface area (Å²) in [5.74, 6) is 1.24. The summed E-state index contributed by atoms with van der Waals surface area (Å²) in [4.78, 5) is 9.61. The Labute approximate surface area is 192 Å². The molecule has 2 N–H and O–H groups in total. The zero-order valence-electron chi connectivity index (χ0n) is 16.7. The zero-order valence-corrected chi connectivity index (χ0v) is 19.9. The van der Waals surface area contributed by atoms with E-state index in [2.05, 4.69) is 38.0 Å². The molecule has 2 fully saturated rings. The lowest BCUT2D eigenvalue weighted by molar-refractivity contribution is -0.143. The minimum atomic E-state index is -4.13. The summed E-state index contributed by atoms with van der Waals surface area (Å²) < 4.78 is 37.6. The van der Waals surface area contributed by atoms with Gasteiger partial charge in [-0.3, -0.25) is 14.8 Å². The van der Waals surface area contributed by atoms with E-state index >= 15 is 0 Å². The van der Waals surface area contributed by atoms with Gasteiger partial charge in [-0.25, -0.2) is 0 Å². The molecule has 2 unspecified atom stereocenters. The molecule has 2 atom stereocenters. The van der Waals surface area contributed by atoms with Crippen LogP contribution in [0, 0.1) is 5.92 Å². The van der Waals surface area contributed by atoms with Gasteiger partial charge in [0.25, 0.3) is 0 Å². The molecule has 2 saturated heterocycles. The number of nitrogens with zero attached hydrogens (tertiary/aromatic N) is 3. The third kappa shape index (κ3) is 8.58. The van der Waals surface area contributed by atoms with Gasteiger partial charge < -0.3 is 10.6 Å². The topological polar surface area (TPSA) is 42.9 Å². The molecule has 5 nitrogen and oxygen atoms in total. The van der Waals surface area contributed by atoms with Crippen LogP contribution in [0.15, 0.2) is 22.5 Å². The van der Waals surface area contributed by atoms with Crippen LogP contribution < -0.4 is 10.6 Å². The van der Waals surface area contributed by atoms with Gasteiger partial charge in [0.05, 0.1) is 6.54 Å². The third-order valence-electron chi connectivity index (χ3n) is 5.36. The maximum atomic E-state index is 12.5. The van der Waals surface area contributed by atoms with Crippen LogP contribution in [0.3, 0.4) is 0 Å². The van der Waals surface area contributed by atoms with Gasteiger partial charge in [0, 0.05) is 50.7 Å². The van der Waals surface area contributed by atoms with Crippen molar-refractivity contribution < 1.29 is 13.2 Å². The van der Waals surface area contributed by atoms with E-state index in [1.807, 2.05) is 0 Å². The number of halogens is 4. The highest BCUT2D eigenvalue weighted by molar-refractivity contribution is 14.0. The molecule has 29 heavy (non-hydrogen) atoms. The van der Waals surface area contributed by atoms with Crippen molar-refractivity contribution in [2.75, 3.05) is 46.3 Å². The Morgan fingerprint density at radius 3 is 2.76 bits per heavy atom. The molecule has 1 aromatic heterocycles. The van der Waals surface area contributed by atoms with Crippen molar-refractivity contribution in [3.8, 4) is 0 Å². The highest BCUT2D eigenvalue weighted by Crippen LogP contribution is 2.21. The number of guanidine groups is 1. The standard InChI is InChI=1S/C19H30F3N5S.HI/c1-23-18(25-16-6-8-27(12-16)14-19(20,21)22)24-10-15-4-2-7-26(11-15)13-17-5-3-9-28-17;/h3,5,9,15-16H,2,4,6-8,10-14H2,1H3,(H2,23,24,25);1H. The molecule has 2 aliphatic heterocycles. The molecule has 0 amide bonds. The Morgan fingerprint density at radius 1 is 1.24 bits per heavy atom. The van der Waals surface area contributed by atoms with Gasteiger partial charge in [-0.1, -0.05) is 6.07 Å².